The zero-order valence-electron chi connectivity index (χ0n) is 62.1. The average Bonchev–Trinajstić information content (AvgIpc) is 0.724. The first-order valence-corrected chi connectivity index (χ1v) is 38.9. The SMILES string of the molecule is CC(C)(C)OC(=O)Oc1ccc2ccc3c(c2c1)C(c1cc(I)c(OC(=O)OC(C)(C)C)c(I)c1)c1c(ccc2ccc(OC(=O)OC(C)(C)CCC(C)(C)OC(=O)Oc4ccc5ccc6c(c5c4)C(c4cc(I)cc(I)c4OC(=O)OC(C)(C)C)c4c(ccc5ccc(OC(=O)OC(C)(C)C)cc45)O6)cc12)O3. The van der Waals surface area contributed by atoms with Gasteiger partial charge in [-0.1, -0.05) is 48.5 Å². The molecule has 24 heteroatoms. The van der Waals surface area contributed by atoms with Crippen molar-refractivity contribution in [1.82, 2.24) is 0 Å². The van der Waals surface area contributed by atoms with Crippen molar-refractivity contribution >= 4 is 170 Å². The summed E-state index contributed by atoms with van der Waals surface area (Å²) in [7, 11) is 0. The van der Waals surface area contributed by atoms with Gasteiger partial charge in [0, 0.05) is 43.2 Å². The molecule has 0 radical (unpaired) electrons. The van der Waals surface area contributed by atoms with Crippen LogP contribution in [-0.2, 0) is 28.4 Å². The molecule has 0 saturated carbocycles. The molecule has 2 aliphatic rings. The van der Waals surface area contributed by atoms with Gasteiger partial charge in [0.2, 0.25) is 0 Å². The minimum Gasteiger partial charge on any atom is -0.457 e. The van der Waals surface area contributed by atoms with Crippen LogP contribution in [0, 0.1) is 14.3 Å². The van der Waals surface area contributed by atoms with Crippen molar-refractivity contribution in [2.75, 3.05) is 0 Å². The molecule has 2 atom stereocenters. The van der Waals surface area contributed by atoms with Crippen LogP contribution in [0.2, 0.25) is 0 Å². The van der Waals surface area contributed by atoms with Crippen LogP contribution in [0.4, 0.5) is 28.8 Å². The van der Waals surface area contributed by atoms with E-state index in [1.807, 2.05) is 97.1 Å². The van der Waals surface area contributed by atoms with E-state index in [1.165, 1.54) is 0 Å². The second kappa shape index (κ2) is 30.3. The Balaban J connectivity index is 0.800. The van der Waals surface area contributed by atoms with Gasteiger partial charge in [0.1, 0.15) is 79.6 Å². The number of carbonyl (C=O) groups is 6. The molecule has 0 saturated heterocycles. The van der Waals surface area contributed by atoms with Crippen molar-refractivity contribution in [3.63, 3.8) is 0 Å². The van der Waals surface area contributed by atoms with E-state index >= 15 is 0 Å². The van der Waals surface area contributed by atoms with Crippen LogP contribution in [-0.4, -0.2) is 70.5 Å². The fourth-order valence-corrected chi connectivity index (χ4v) is 16.8. The second-order valence-corrected chi connectivity index (χ2v) is 36.1. The van der Waals surface area contributed by atoms with Crippen LogP contribution in [0.5, 0.6) is 57.5 Å². The van der Waals surface area contributed by atoms with Crippen molar-refractivity contribution in [3.8, 4) is 57.5 Å². The van der Waals surface area contributed by atoms with Crippen molar-refractivity contribution in [2.45, 2.75) is 169 Å². The smallest absolute Gasteiger partial charge is 0.457 e. The van der Waals surface area contributed by atoms with Crippen LogP contribution in [0.15, 0.2) is 146 Å². The summed E-state index contributed by atoms with van der Waals surface area (Å²) in [6, 6.07) is 43.9. The predicted octanol–water partition coefficient (Wildman–Crippen LogP) is 24.6. The fraction of sp³-hybridized carbons (Fsp3) is 0.310. The van der Waals surface area contributed by atoms with E-state index in [2.05, 4.69) is 90.4 Å². The van der Waals surface area contributed by atoms with E-state index in [0.717, 1.165) is 41.8 Å². The van der Waals surface area contributed by atoms with Crippen molar-refractivity contribution in [1.29, 1.82) is 0 Å². The van der Waals surface area contributed by atoms with Gasteiger partial charge in [-0.05, 0) is 360 Å². The van der Waals surface area contributed by atoms with E-state index in [9.17, 15) is 28.8 Å². The van der Waals surface area contributed by atoms with E-state index in [4.69, 9.17) is 66.3 Å². The fourth-order valence-electron chi connectivity index (χ4n) is 12.8. The lowest BCUT2D eigenvalue weighted by Gasteiger charge is -2.32. The molecule has 10 aromatic carbocycles. The maximum Gasteiger partial charge on any atom is 0.514 e. The van der Waals surface area contributed by atoms with Gasteiger partial charge in [-0.25, -0.2) is 28.8 Å². The number of hydrogen-bond acceptors (Lipinski definition) is 20. The molecule has 108 heavy (non-hydrogen) atoms. The monoisotopic (exact) mass is 1910 g/mol. The molecule has 0 bridgehead atoms. The van der Waals surface area contributed by atoms with Crippen LogP contribution >= 0.6 is 90.4 Å². The summed E-state index contributed by atoms with van der Waals surface area (Å²) in [4.78, 5) is 81.2. The number of benzene rings is 10. The molecule has 562 valence electrons. The molecule has 20 nitrogen and oxygen atoms in total. The molecule has 2 unspecified atom stereocenters. The quantitative estimate of drug-likeness (QED) is 0.0452. The summed E-state index contributed by atoms with van der Waals surface area (Å²) in [5, 5.41) is 5.82. The summed E-state index contributed by atoms with van der Waals surface area (Å²) in [6.45, 7) is 27.9. The molecule has 2 heterocycles. The first-order valence-electron chi connectivity index (χ1n) is 34.5. The number of halogens is 4. The lowest BCUT2D eigenvalue weighted by Crippen LogP contribution is -2.35. The maximum atomic E-state index is 14.1. The minimum atomic E-state index is -1.17. The molecule has 2 aliphatic heterocycles. The molecule has 0 aromatic heterocycles. The molecule has 10 aromatic rings. The average molecular weight is 1920 g/mol. The van der Waals surface area contributed by atoms with Gasteiger partial charge in [0.15, 0.2) is 11.5 Å². The Kier molecular flexibility index (Phi) is 22.2. The second-order valence-electron chi connectivity index (χ2n) is 31.3. The molecular weight excluding hydrogens is 1840 g/mol. The zero-order valence-corrected chi connectivity index (χ0v) is 70.7. The first-order chi connectivity index (χ1) is 50.5. The van der Waals surface area contributed by atoms with Crippen molar-refractivity contribution < 1.29 is 95.1 Å². The highest BCUT2D eigenvalue weighted by Crippen LogP contribution is 2.57. The lowest BCUT2D eigenvalue weighted by atomic mass is 9.78. The summed E-state index contributed by atoms with van der Waals surface area (Å²) >= 11 is 8.67. The van der Waals surface area contributed by atoms with Gasteiger partial charge in [-0.2, -0.15) is 0 Å². The van der Waals surface area contributed by atoms with Gasteiger partial charge in [-0.3, -0.25) is 0 Å². The highest BCUT2D eigenvalue weighted by atomic mass is 127. The Morgan fingerprint density at radius 1 is 0.315 bits per heavy atom. The Morgan fingerprint density at radius 2 is 0.583 bits per heavy atom. The topological polar surface area (TPSA) is 232 Å². The molecular formula is C84H78I4O20. The molecule has 0 amide bonds. The lowest BCUT2D eigenvalue weighted by molar-refractivity contribution is -0.0311. The van der Waals surface area contributed by atoms with E-state index in [-0.39, 0.29) is 41.6 Å². The number of fused-ring (bicyclic) bond motifs is 12. The van der Waals surface area contributed by atoms with Crippen LogP contribution < -0.4 is 37.9 Å². The van der Waals surface area contributed by atoms with Crippen molar-refractivity contribution in [3.05, 3.63) is 193 Å². The number of hydrogen-bond donors (Lipinski definition) is 0. The summed E-state index contributed by atoms with van der Waals surface area (Å²) < 4.78 is 86.4. The highest BCUT2D eigenvalue weighted by Gasteiger charge is 2.40. The number of ether oxygens (including phenoxy) is 14. The highest BCUT2D eigenvalue weighted by molar-refractivity contribution is 14.1. The minimum absolute atomic E-state index is 0.142. The van der Waals surface area contributed by atoms with Crippen LogP contribution in [0.3, 0.4) is 0 Å². The van der Waals surface area contributed by atoms with E-state index < -0.39 is 82.4 Å². The van der Waals surface area contributed by atoms with Gasteiger partial charge in [-0.15, -0.1) is 0 Å². The summed E-state index contributed by atoms with van der Waals surface area (Å²) in [6.07, 6.45) is -5.10. The number of carbonyl (C=O) groups excluding carboxylic acids is 6. The van der Waals surface area contributed by atoms with Gasteiger partial charge >= 0.3 is 36.9 Å². The maximum absolute atomic E-state index is 14.1. The first kappa shape index (κ1) is 78.9. The molecule has 0 spiro atoms. The third kappa shape index (κ3) is 18.6. The molecule has 0 N–H and O–H groups in total. The number of rotatable bonds is 13. The Hall–Kier alpha value is -8.62. The summed E-state index contributed by atoms with van der Waals surface area (Å²) in [5.41, 5.74) is -1.51. The summed E-state index contributed by atoms with van der Waals surface area (Å²) in [5.74, 6) is 1.99. The largest absolute Gasteiger partial charge is 0.514 e. The van der Waals surface area contributed by atoms with Gasteiger partial charge in [0.25, 0.3) is 0 Å². The normalized spacial score (nSPS) is 14.2. The molecule has 0 fully saturated rings. The van der Waals surface area contributed by atoms with Crippen LogP contribution in [0.1, 0.15) is 169 Å². The van der Waals surface area contributed by atoms with E-state index in [0.29, 0.717) is 77.7 Å². The molecule has 0 aliphatic carbocycles. The van der Waals surface area contributed by atoms with Gasteiger partial charge < -0.3 is 66.3 Å². The van der Waals surface area contributed by atoms with E-state index in [1.54, 1.807) is 159 Å². The predicted molar refractivity (Wildman–Crippen MR) is 441 cm³/mol. The van der Waals surface area contributed by atoms with Gasteiger partial charge in [0.05, 0.1) is 10.7 Å². The Morgan fingerprint density at radius 3 is 0.898 bits per heavy atom. The van der Waals surface area contributed by atoms with Crippen LogP contribution in [0.25, 0.3) is 43.1 Å². The van der Waals surface area contributed by atoms with Crippen molar-refractivity contribution in [2.24, 2.45) is 0 Å². The zero-order chi connectivity index (χ0) is 78.1. The third-order valence-corrected chi connectivity index (χ3v) is 20.1. The Bertz CT molecular complexity index is 5300. The molecule has 12 rings (SSSR count). The standard InChI is InChI=1S/C84H78I4O20/c1-79(2,3)103-73(89)95-49-25-17-43-21-29-61-66(53(43)39-49)65(47-35-58(86)72(59(87)36-47)102-78(94)106-82(10,11)12)67-54-40-51(27-18-44(54)22-30-62(67)99-61)97-75(91)107-83(13,14)33-34-84(15,16)108-76(92)98-52-28-20-46-24-32-64-69(56(46)42-52)70(57-37-48(85)38-60(88)71(57)101-77(93)105-81(7,8)9)68-55-41-50(96-74(90)104-80(4,5)6)26-19-45(55)23-31-63(68)100-64/h17-32,35-42,65,70H,33-34H2,1-16H3. The third-order valence-electron chi connectivity index (χ3n) is 17.1. The Labute approximate surface area is 679 Å².